The van der Waals surface area contributed by atoms with E-state index in [4.69, 9.17) is 14.2 Å². The summed E-state index contributed by atoms with van der Waals surface area (Å²) in [7, 11) is 2.48. The molecule has 2 aliphatic heterocycles. The van der Waals surface area contributed by atoms with Crippen LogP contribution in [-0.4, -0.2) is 37.9 Å². The lowest BCUT2D eigenvalue weighted by atomic mass is 9.78. The van der Waals surface area contributed by atoms with Gasteiger partial charge in [-0.1, -0.05) is 36.4 Å². The lowest BCUT2D eigenvalue weighted by Gasteiger charge is -2.36. The van der Waals surface area contributed by atoms with E-state index in [0.29, 0.717) is 5.56 Å². The van der Waals surface area contributed by atoms with Crippen LogP contribution in [0.3, 0.4) is 0 Å². The van der Waals surface area contributed by atoms with Gasteiger partial charge in [0, 0.05) is 5.69 Å². The molecule has 0 amide bonds. The summed E-state index contributed by atoms with van der Waals surface area (Å²) in [4.78, 5) is 25.3. The van der Waals surface area contributed by atoms with Gasteiger partial charge in [-0.2, -0.15) is 0 Å². The highest BCUT2D eigenvalue weighted by molar-refractivity contribution is 6.05. The third-order valence-corrected chi connectivity index (χ3v) is 5.30. The molecule has 7 heteroatoms. The summed E-state index contributed by atoms with van der Waals surface area (Å²) >= 11 is 0. The van der Waals surface area contributed by atoms with E-state index in [1.165, 1.54) is 26.4 Å². The first kappa shape index (κ1) is 19.8. The van der Waals surface area contributed by atoms with Crippen molar-refractivity contribution >= 4 is 17.6 Å². The number of rotatable bonds is 6. The minimum atomic E-state index is -1.34. The quantitative estimate of drug-likeness (QED) is 0.583. The Balaban J connectivity index is 1.89. The standard InChI is InChI=1S/C23H20FNO5/c1-28-21(26)18-17-12-13-23(30-17,19(18)22(27)29-2)20(14-8-10-15(24)11-9-14)25-16-6-4-3-5-7-16/h3-13,17,20,25H,1-2H3/t17-,20?,23?/m0/s1. The second kappa shape index (κ2) is 7.76. The Hall–Kier alpha value is -3.45. The number of carbonyl (C=O) groups excluding carboxylic acids is 2. The van der Waals surface area contributed by atoms with Crippen LogP contribution in [0.4, 0.5) is 10.1 Å². The van der Waals surface area contributed by atoms with Gasteiger partial charge < -0.3 is 19.5 Å². The number of fused-ring (bicyclic) bond motifs is 2. The summed E-state index contributed by atoms with van der Waals surface area (Å²) in [5.41, 5.74) is 0.265. The zero-order valence-electron chi connectivity index (χ0n) is 16.4. The van der Waals surface area contributed by atoms with Crippen molar-refractivity contribution in [3.8, 4) is 0 Å². The molecule has 2 aromatic rings. The summed E-state index contributed by atoms with van der Waals surface area (Å²) in [6, 6.07) is 14.6. The third kappa shape index (κ3) is 3.17. The van der Waals surface area contributed by atoms with Crippen LogP contribution in [0, 0.1) is 5.82 Å². The summed E-state index contributed by atoms with van der Waals surface area (Å²) in [5.74, 6) is -1.74. The summed E-state index contributed by atoms with van der Waals surface area (Å²) < 4.78 is 29.7. The lowest BCUT2D eigenvalue weighted by molar-refractivity contribution is -0.139. The Bertz CT molecular complexity index is 1030. The van der Waals surface area contributed by atoms with Gasteiger partial charge in [-0.25, -0.2) is 14.0 Å². The average molecular weight is 409 g/mol. The maximum Gasteiger partial charge on any atom is 0.337 e. The summed E-state index contributed by atoms with van der Waals surface area (Å²) in [6.07, 6.45) is 2.70. The van der Waals surface area contributed by atoms with E-state index in [1.807, 2.05) is 30.3 Å². The predicted octanol–water partition coefficient (Wildman–Crippen LogP) is 3.33. The molecule has 0 radical (unpaired) electrons. The number of methoxy groups -OCH3 is 2. The Morgan fingerprint density at radius 3 is 2.33 bits per heavy atom. The molecule has 2 bridgehead atoms. The molecule has 1 N–H and O–H groups in total. The average Bonchev–Trinajstić information content (AvgIpc) is 3.35. The Morgan fingerprint density at radius 1 is 1.03 bits per heavy atom. The van der Waals surface area contributed by atoms with E-state index < -0.39 is 29.7 Å². The largest absolute Gasteiger partial charge is 0.466 e. The molecule has 2 heterocycles. The maximum atomic E-state index is 13.6. The molecule has 30 heavy (non-hydrogen) atoms. The number of hydrogen-bond donors (Lipinski definition) is 1. The van der Waals surface area contributed by atoms with Gasteiger partial charge in [-0.05, 0) is 35.9 Å². The molecular weight excluding hydrogens is 389 g/mol. The maximum absolute atomic E-state index is 13.6. The number of nitrogens with one attached hydrogen (secondary N) is 1. The van der Waals surface area contributed by atoms with Crippen LogP contribution < -0.4 is 5.32 Å². The minimum absolute atomic E-state index is 0.0714. The molecule has 0 aromatic heterocycles. The van der Waals surface area contributed by atoms with Crippen molar-refractivity contribution in [2.45, 2.75) is 17.7 Å². The van der Waals surface area contributed by atoms with Gasteiger partial charge in [0.05, 0.1) is 31.4 Å². The Kier molecular flexibility index (Phi) is 5.13. The fraction of sp³-hybridized carbons (Fsp3) is 0.217. The van der Waals surface area contributed by atoms with Crippen LogP contribution in [0.25, 0.3) is 0 Å². The summed E-state index contributed by atoms with van der Waals surface area (Å²) in [6.45, 7) is 0. The topological polar surface area (TPSA) is 73.9 Å². The number of benzene rings is 2. The molecule has 0 saturated carbocycles. The molecule has 0 spiro atoms. The van der Waals surface area contributed by atoms with E-state index in [0.717, 1.165) is 5.69 Å². The van der Waals surface area contributed by atoms with Crippen molar-refractivity contribution < 1.29 is 28.2 Å². The zero-order chi connectivity index (χ0) is 21.3. The number of carbonyl (C=O) groups is 2. The molecule has 6 nitrogen and oxygen atoms in total. The lowest BCUT2D eigenvalue weighted by Crippen LogP contribution is -2.42. The Labute approximate surface area is 172 Å². The fourth-order valence-electron chi connectivity index (χ4n) is 3.97. The normalized spacial score (nSPS) is 22.7. The molecule has 154 valence electrons. The molecule has 4 rings (SSSR count). The van der Waals surface area contributed by atoms with Gasteiger partial charge in [0.25, 0.3) is 0 Å². The molecule has 3 atom stereocenters. The number of hydrogen-bond acceptors (Lipinski definition) is 6. The van der Waals surface area contributed by atoms with Gasteiger partial charge in [0.1, 0.15) is 17.5 Å². The van der Waals surface area contributed by atoms with Crippen LogP contribution in [-0.2, 0) is 23.8 Å². The SMILES string of the molecule is COC(=O)C1=C(C(=O)OC)C2(C(Nc3ccccc3)c3ccc(F)cc3)C=C[C@@H]1O2. The molecule has 2 aliphatic rings. The van der Waals surface area contributed by atoms with E-state index in [9.17, 15) is 14.0 Å². The van der Waals surface area contributed by atoms with Crippen molar-refractivity contribution in [3.63, 3.8) is 0 Å². The highest BCUT2D eigenvalue weighted by Crippen LogP contribution is 2.51. The first-order chi connectivity index (χ1) is 14.5. The van der Waals surface area contributed by atoms with Crippen molar-refractivity contribution in [1.82, 2.24) is 0 Å². The second-order valence-corrected chi connectivity index (χ2v) is 6.96. The molecule has 2 unspecified atom stereocenters. The molecule has 0 saturated heterocycles. The van der Waals surface area contributed by atoms with E-state index in [-0.39, 0.29) is 17.0 Å². The van der Waals surface area contributed by atoms with Gasteiger partial charge in [0.15, 0.2) is 0 Å². The number of para-hydroxylation sites is 1. The van der Waals surface area contributed by atoms with Gasteiger partial charge in [-0.3, -0.25) is 0 Å². The van der Waals surface area contributed by atoms with Crippen LogP contribution in [0.5, 0.6) is 0 Å². The van der Waals surface area contributed by atoms with Gasteiger partial charge in [-0.15, -0.1) is 0 Å². The van der Waals surface area contributed by atoms with Gasteiger partial charge in [0.2, 0.25) is 0 Å². The van der Waals surface area contributed by atoms with E-state index in [1.54, 1.807) is 24.3 Å². The van der Waals surface area contributed by atoms with Gasteiger partial charge >= 0.3 is 11.9 Å². The fourth-order valence-corrected chi connectivity index (χ4v) is 3.97. The molecule has 0 aliphatic carbocycles. The summed E-state index contributed by atoms with van der Waals surface area (Å²) in [5, 5.41) is 3.37. The first-order valence-corrected chi connectivity index (χ1v) is 9.35. The van der Waals surface area contributed by atoms with Crippen LogP contribution in [0.15, 0.2) is 77.9 Å². The predicted molar refractivity (Wildman–Crippen MR) is 107 cm³/mol. The number of esters is 2. The minimum Gasteiger partial charge on any atom is -0.466 e. The highest BCUT2D eigenvalue weighted by Gasteiger charge is 2.58. The molecule has 0 fully saturated rings. The van der Waals surface area contributed by atoms with Crippen LogP contribution in [0.2, 0.25) is 0 Å². The monoisotopic (exact) mass is 409 g/mol. The van der Waals surface area contributed by atoms with Crippen molar-refractivity contribution in [1.29, 1.82) is 0 Å². The highest BCUT2D eigenvalue weighted by atomic mass is 19.1. The number of ether oxygens (including phenoxy) is 3. The van der Waals surface area contributed by atoms with Crippen LogP contribution >= 0.6 is 0 Å². The Morgan fingerprint density at radius 2 is 1.70 bits per heavy atom. The van der Waals surface area contributed by atoms with E-state index in [2.05, 4.69) is 5.32 Å². The van der Waals surface area contributed by atoms with Crippen molar-refractivity contribution in [2.75, 3.05) is 19.5 Å². The van der Waals surface area contributed by atoms with Crippen molar-refractivity contribution in [2.24, 2.45) is 0 Å². The first-order valence-electron chi connectivity index (χ1n) is 9.35. The molecule has 2 aromatic carbocycles. The van der Waals surface area contributed by atoms with Crippen LogP contribution in [0.1, 0.15) is 11.6 Å². The smallest absolute Gasteiger partial charge is 0.337 e. The number of anilines is 1. The second-order valence-electron chi connectivity index (χ2n) is 6.96. The third-order valence-electron chi connectivity index (χ3n) is 5.30. The number of halogens is 1. The van der Waals surface area contributed by atoms with E-state index >= 15 is 0 Å². The molecular formula is C23H20FNO5. The van der Waals surface area contributed by atoms with Crippen molar-refractivity contribution in [3.05, 3.63) is 89.3 Å². The zero-order valence-corrected chi connectivity index (χ0v) is 16.4.